The first kappa shape index (κ1) is 16.0. The van der Waals surface area contributed by atoms with Gasteiger partial charge in [-0.15, -0.1) is 11.3 Å². The Balaban J connectivity index is 2.97. The zero-order chi connectivity index (χ0) is 14.0. The van der Waals surface area contributed by atoms with E-state index >= 15 is 0 Å². The van der Waals surface area contributed by atoms with Crippen molar-refractivity contribution in [2.24, 2.45) is 5.73 Å². The number of sulfonamides is 1. The third-order valence-corrected chi connectivity index (χ3v) is 6.82. The van der Waals surface area contributed by atoms with Crippen molar-refractivity contribution in [3.8, 4) is 0 Å². The number of nitrogens with two attached hydrogens (primary N) is 1. The zero-order valence-corrected chi connectivity index (χ0v) is 13.6. The maximum atomic E-state index is 12.3. The van der Waals surface area contributed by atoms with E-state index in [0.29, 0.717) is 16.3 Å². The van der Waals surface area contributed by atoms with Gasteiger partial charge in [0.25, 0.3) is 0 Å². The van der Waals surface area contributed by atoms with Crippen molar-refractivity contribution in [2.45, 2.75) is 37.0 Å². The normalized spacial score (nSPS) is 12.9. The Hall–Kier alpha value is -0.0800. The van der Waals surface area contributed by atoms with Gasteiger partial charge in [-0.2, -0.15) is 11.8 Å². The highest BCUT2D eigenvalue weighted by Gasteiger charge is 2.25. The predicted octanol–water partition coefficient (Wildman–Crippen LogP) is 1.94. The summed E-state index contributed by atoms with van der Waals surface area (Å²) in [5.74, 6) is 0. The lowest BCUT2D eigenvalue weighted by Crippen LogP contribution is -2.36. The lowest BCUT2D eigenvalue weighted by molar-refractivity contribution is 0.569. The number of nitrogens with one attached hydrogen (secondary N) is 1. The van der Waals surface area contributed by atoms with Gasteiger partial charge in [-0.05, 0) is 38.0 Å². The molecule has 0 aromatic carbocycles. The van der Waals surface area contributed by atoms with Crippen molar-refractivity contribution in [3.63, 3.8) is 0 Å². The summed E-state index contributed by atoms with van der Waals surface area (Å²) in [4.78, 5) is 1.06. The van der Waals surface area contributed by atoms with Crippen LogP contribution in [-0.4, -0.2) is 26.0 Å². The van der Waals surface area contributed by atoms with Crippen molar-refractivity contribution in [2.75, 3.05) is 12.8 Å². The number of aryl methyl sites for hydroxylation is 1. The maximum Gasteiger partial charge on any atom is 0.242 e. The highest BCUT2D eigenvalue weighted by Crippen LogP contribution is 2.27. The van der Waals surface area contributed by atoms with E-state index < -0.39 is 10.0 Å². The number of thioether (sulfide) groups is 1. The third kappa shape index (κ3) is 3.71. The molecular weight excluding hydrogens is 288 g/mol. The van der Waals surface area contributed by atoms with Crippen LogP contribution < -0.4 is 10.5 Å². The van der Waals surface area contributed by atoms with Crippen LogP contribution in [0, 0.1) is 6.92 Å². The fraction of sp³-hybridized carbons (Fsp3) is 0.636. The van der Waals surface area contributed by atoms with Gasteiger partial charge in [0, 0.05) is 22.7 Å². The second-order valence-corrected chi connectivity index (χ2v) is 8.84. The van der Waals surface area contributed by atoms with Gasteiger partial charge in [0.05, 0.1) is 0 Å². The van der Waals surface area contributed by atoms with Gasteiger partial charge in [0.15, 0.2) is 0 Å². The fourth-order valence-electron chi connectivity index (χ4n) is 1.40. The van der Waals surface area contributed by atoms with E-state index in [0.717, 1.165) is 5.56 Å². The lowest BCUT2D eigenvalue weighted by atomic mass is 10.2. The van der Waals surface area contributed by atoms with E-state index in [1.807, 2.05) is 25.5 Å². The van der Waals surface area contributed by atoms with Crippen LogP contribution in [-0.2, 0) is 16.6 Å². The van der Waals surface area contributed by atoms with Crippen LogP contribution in [0.2, 0.25) is 0 Å². The highest BCUT2D eigenvalue weighted by atomic mass is 32.2. The highest BCUT2D eigenvalue weighted by molar-refractivity contribution is 8.00. The molecule has 4 nitrogen and oxygen atoms in total. The molecular formula is C11H20N2O2S3. The van der Waals surface area contributed by atoms with Gasteiger partial charge in [0.1, 0.15) is 4.90 Å². The molecule has 0 fully saturated rings. The minimum absolute atomic E-state index is 0.125. The van der Waals surface area contributed by atoms with Gasteiger partial charge in [-0.1, -0.05) is 0 Å². The van der Waals surface area contributed by atoms with E-state index in [9.17, 15) is 8.42 Å². The average molecular weight is 308 g/mol. The molecule has 0 aliphatic rings. The van der Waals surface area contributed by atoms with Crippen LogP contribution in [0.25, 0.3) is 0 Å². The number of rotatable bonds is 6. The Morgan fingerprint density at radius 3 is 2.61 bits per heavy atom. The molecule has 0 amide bonds. The summed E-state index contributed by atoms with van der Waals surface area (Å²) in [6.07, 6.45) is 1.97. The predicted molar refractivity (Wildman–Crippen MR) is 79.7 cm³/mol. The summed E-state index contributed by atoms with van der Waals surface area (Å²) in [6, 6.07) is 0. The first-order chi connectivity index (χ1) is 8.23. The summed E-state index contributed by atoms with van der Waals surface area (Å²) in [5, 5.41) is 1.83. The molecule has 3 N–H and O–H groups in total. The molecule has 0 aliphatic carbocycles. The van der Waals surface area contributed by atoms with Crippen LogP contribution >= 0.6 is 23.1 Å². The summed E-state index contributed by atoms with van der Waals surface area (Å²) in [5.41, 5.74) is 6.34. The molecule has 0 saturated carbocycles. The Morgan fingerprint density at radius 1 is 1.50 bits per heavy atom. The molecule has 18 heavy (non-hydrogen) atoms. The van der Waals surface area contributed by atoms with E-state index in [-0.39, 0.29) is 11.3 Å². The topological polar surface area (TPSA) is 72.2 Å². The lowest BCUT2D eigenvalue weighted by Gasteiger charge is -2.22. The maximum absolute atomic E-state index is 12.3. The van der Waals surface area contributed by atoms with Gasteiger partial charge < -0.3 is 5.73 Å². The molecule has 0 spiro atoms. The van der Waals surface area contributed by atoms with Crippen molar-refractivity contribution in [1.29, 1.82) is 0 Å². The summed E-state index contributed by atoms with van der Waals surface area (Å²) in [7, 11) is -3.47. The monoisotopic (exact) mass is 308 g/mol. The fourth-order valence-corrected chi connectivity index (χ4v) is 4.62. The molecule has 7 heteroatoms. The Labute approximate surface area is 117 Å². The largest absolute Gasteiger partial charge is 0.326 e. The molecule has 1 aromatic rings. The van der Waals surface area contributed by atoms with E-state index in [2.05, 4.69) is 4.72 Å². The van der Waals surface area contributed by atoms with Crippen molar-refractivity contribution in [1.82, 2.24) is 4.72 Å². The molecule has 0 unspecified atom stereocenters. The molecule has 0 radical (unpaired) electrons. The van der Waals surface area contributed by atoms with E-state index in [1.54, 1.807) is 18.7 Å². The van der Waals surface area contributed by atoms with Gasteiger partial charge in [-0.3, -0.25) is 0 Å². The second kappa shape index (κ2) is 5.92. The quantitative estimate of drug-likeness (QED) is 0.842. The molecule has 104 valence electrons. The molecule has 1 aromatic heterocycles. The van der Waals surface area contributed by atoms with Crippen LogP contribution in [0.5, 0.6) is 0 Å². The number of thiophene rings is 1. The Bertz CT molecular complexity index is 506. The average Bonchev–Trinajstić information content (AvgIpc) is 2.69. The minimum atomic E-state index is -3.47. The SMILES string of the molecule is CSC(C)(C)CNS(=O)(=O)c1c(C)csc1CN. The molecule has 0 saturated heterocycles. The first-order valence-corrected chi connectivity index (χ1v) is 9.14. The number of hydrogen-bond acceptors (Lipinski definition) is 5. The summed E-state index contributed by atoms with van der Waals surface area (Å²) >= 11 is 3.02. The Morgan fingerprint density at radius 2 is 2.11 bits per heavy atom. The van der Waals surface area contributed by atoms with Crippen LogP contribution in [0.3, 0.4) is 0 Å². The van der Waals surface area contributed by atoms with Crippen molar-refractivity contribution >= 4 is 33.1 Å². The van der Waals surface area contributed by atoms with Gasteiger partial charge in [0.2, 0.25) is 10.0 Å². The number of hydrogen-bond donors (Lipinski definition) is 2. The Kier molecular flexibility index (Phi) is 5.25. The van der Waals surface area contributed by atoms with Crippen LogP contribution in [0.4, 0.5) is 0 Å². The van der Waals surface area contributed by atoms with Gasteiger partial charge >= 0.3 is 0 Å². The van der Waals surface area contributed by atoms with Crippen LogP contribution in [0.1, 0.15) is 24.3 Å². The summed E-state index contributed by atoms with van der Waals surface area (Å²) in [6.45, 7) is 6.45. The molecule has 1 heterocycles. The van der Waals surface area contributed by atoms with Crippen LogP contribution in [0.15, 0.2) is 10.3 Å². The molecule has 0 bridgehead atoms. The third-order valence-electron chi connectivity index (χ3n) is 2.68. The minimum Gasteiger partial charge on any atom is -0.326 e. The summed E-state index contributed by atoms with van der Waals surface area (Å²) < 4.78 is 27.1. The van der Waals surface area contributed by atoms with E-state index in [4.69, 9.17) is 5.73 Å². The van der Waals surface area contributed by atoms with Crippen molar-refractivity contribution in [3.05, 3.63) is 15.8 Å². The molecule has 0 aliphatic heterocycles. The molecule has 1 rings (SSSR count). The smallest absolute Gasteiger partial charge is 0.242 e. The zero-order valence-electron chi connectivity index (χ0n) is 11.1. The van der Waals surface area contributed by atoms with Gasteiger partial charge in [-0.25, -0.2) is 13.1 Å². The molecule has 0 atom stereocenters. The van der Waals surface area contributed by atoms with Crippen molar-refractivity contribution < 1.29 is 8.42 Å². The standard InChI is InChI=1S/C11H20N2O2S3/c1-8-6-17-9(5-12)10(8)18(14,15)13-7-11(2,3)16-4/h6,13H,5,7,12H2,1-4H3. The second-order valence-electron chi connectivity index (χ2n) is 4.66. The van der Waals surface area contributed by atoms with E-state index in [1.165, 1.54) is 11.3 Å². The first-order valence-electron chi connectivity index (χ1n) is 5.55.